The smallest absolute Gasteiger partial charge is 0.160 e. The summed E-state index contributed by atoms with van der Waals surface area (Å²) in [4.78, 5) is 0. The maximum atomic E-state index is 10.8. The number of anilines is 1. The number of phenolic OH excluding ortho intramolecular Hbond substituents is 1. The van der Waals surface area contributed by atoms with Gasteiger partial charge in [0.15, 0.2) is 11.5 Å². The zero-order valence-corrected chi connectivity index (χ0v) is 20.4. The van der Waals surface area contributed by atoms with Crippen molar-refractivity contribution in [1.29, 1.82) is 5.41 Å². The molecule has 180 valence electrons. The van der Waals surface area contributed by atoms with Crippen LogP contribution in [0.2, 0.25) is 0 Å². The highest BCUT2D eigenvalue weighted by Crippen LogP contribution is 2.55. The Bertz CT molecular complexity index is 1510. The van der Waals surface area contributed by atoms with Crippen molar-refractivity contribution in [2.24, 2.45) is 11.7 Å². The zero-order valence-electron chi connectivity index (χ0n) is 20.4. The van der Waals surface area contributed by atoms with Gasteiger partial charge in [-0.2, -0.15) is 0 Å². The predicted molar refractivity (Wildman–Crippen MR) is 144 cm³/mol. The van der Waals surface area contributed by atoms with Crippen LogP contribution < -0.4 is 15.8 Å². The van der Waals surface area contributed by atoms with Crippen molar-refractivity contribution in [3.8, 4) is 22.6 Å². The fourth-order valence-corrected chi connectivity index (χ4v) is 6.15. The van der Waals surface area contributed by atoms with Gasteiger partial charge in [0, 0.05) is 17.2 Å². The van der Waals surface area contributed by atoms with Crippen LogP contribution in [0.4, 0.5) is 5.69 Å². The number of fused-ring (bicyclic) bond motifs is 5. The van der Waals surface area contributed by atoms with Crippen molar-refractivity contribution >= 4 is 11.5 Å². The molecule has 3 unspecified atom stereocenters. The number of amidine groups is 1. The summed E-state index contributed by atoms with van der Waals surface area (Å²) in [5, 5.41) is 22.6. The van der Waals surface area contributed by atoms with Crippen LogP contribution in [0.25, 0.3) is 11.1 Å². The average molecular weight is 476 g/mol. The van der Waals surface area contributed by atoms with E-state index in [9.17, 15) is 5.11 Å². The van der Waals surface area contributed by atoms with Crippen molar-refractivity contribution < 1.29 is 9.84 Å². The molecule has 4 aromatic rings. The van der Waals surface area contributed by atoms with Gasteiger partial charge in [-0.1, -0.05) is 48.5 Å². The fourth-order valence-electron chi connectivity index (χ4n) is 6.15. The van der Waals surface area contributed by atoms with Crippen LogP contribution in [0, 0.1) is 18.3 Å². The highest BCUT2D eigenvalue weighted by atomic mass is 16.5. The molecule has 1 aliphatic heterocycles. The van der Waals surface area contributed by atoms with Gasteiger partial charge < -0.3 is 20.9 Å². The SMILES string of the molecule is COc1cc(C2Nc3ccc(C(=N)N)cc3C3c4ccccc4CC23)c(-c2ccccc2C)cc1O. The number of hydrogen-bond donors (Lipinski definition) is 4. The summed E-state index contributed by atoms with van der Waals surface area (Å²) in [6.07, 6.45) is 0.929. The second kappa shape index (κ2) is 8.45. The number of rotatable bonds is 4. The van der Waals surface area contributed by atoms with Crippen molar-refractivity contribution in [3.05, 3.63) is 112 Å². The Morgan fingerprint density at radius 1 is 0.944 bits per heavy atom. The molecule has 3 atom stereocenters. The van der Waals surface area contributed by atoms with Crippen molar-refractivity contribution in [3.63, 3.8) is 0 Å². The molecule has 4 aromatic carbocycles. The van der Waals surface area contributed by atoms with Crippen molar-refractivity contribution in [2.75, 3.05) is 12.4 Å². The lowest BCUT2D eigenvalue weighted by atomic mass is 9.74. The molecular weight excluding hydrogens is 446 g/mol. The molecule has 1 heterocycles. The van der Waals surface area contributed by atoms with E-state index in [2.05, 4.69) is 54.7 Å². The van der Waals surface area contributed by atoms with E-state index in [-0.39, 0.29) is 29.5 Å². The summed E-state index contributed by atoms with van der Waals surface area (Å²) in [7, 11) is 1.59. The maximum absolute atomic E-state index is 10.8. The maximum Gasteiger partial charge on any atom is 0.160 e. The van der Waals surface area contributed by atoms with Crippen molar-refractivity contribution in [1.82, 2.24) is 0 Å². The predicted octanol–water partition coefficient (Wildman–Crippen LogP) is 6.13. The van der Waals surface area contributed by atoms with E-state index >= 15 is 0 Å². The lowest BCUT2D eigenvalue weighted by Crippen LogP contribution is -2.31. The van der Waals surface area contributed by atoms with E-state index < -0.39 is 0 Å². The molecule has 2 aliphatic rings. The zero-order chi connectivity index (χ0) is 25.0. The molecule has 6 rings (SSSR count). The summed E-state index contributed by atoms with van der Waals surface area (Å²) in [6.45, 7) is 2.10. The highest BCUT2D eigenvalue weighted by Gasteiger charge is 2.44. The van der Waals surface area contributed by atoms with Gasteiger partial charge in [0.2, 0.25) is 0 Å². The molecule has 5 N–H and O–H groups in total. The normalized spacial score (nSPS) is 19.6. The quantitative estimate of drug-likeness (QED) is 0.211. The van der Waals surface area contributed by atoms with E-state index in [1.165, 1.54) is 16.7 Å². The molecule has 0 bridgehead atoms. The number of ether oxygens (including phenoxy) is 1. The summed E-state index contributed by atoms with van der Waals surface area (Å²) in [5.41, 5.74) is 15.9. The first-order valence-electron chi connectivity index (χ1n) is 12.3. The van der Waals surface area contributed by atoms with E-state index in [1.54, 1.807) is 7.11 Å². The molecule has 5 heteroatoms. The molecule has 0 spiro atoms. The summed E-state index contributed by atoms with van der Waals surface area (Å²) >= 11 is 0. The lowest BCUT2D eigenvalue weighted by molar-refractivity contribution is 0.370. The first-order valence-corrected chi connectivity index (χ1v) is 12.3. The number of phenols is 1. The summed E-state index contributed by atoms with van der Waals surface area (Å²) in [6, 6.07) is 26.8. The monoisotopic (exact) mass is 475 g/mol. The fraction of sp³-hybridized carbons (Fsp3) is 0.194. The molecule has 0 radical (unpaired) electrons. The van der Waals surface area contributed by atoms with Crippen molar-refractivity contribution in [2.45, 2.75) is 25.3 Å². The minimum Gasteiger partial charge on any atom is -0.504 e. The van der Waals surface area contributed by atoms with Gasteiger partial charge in [-0.05, 0) is 88.5 Å². The van der Waals surface area contributed by atoms with Crippen LogP contribution in [-0.4, -0.2) is 18.1 Å². The molecular formula is C31H29N3O2. The summed E-state index contributed by atoms with van der Waals surface area (Å²) < 4.78 is 5.57. The molecule has 5 nitrogen and oxygen atoms in total. The van der Waals surface area contributed by atoms with Gasteiger partial charge in [0.1, 0.15) is 5.84 Å². The molecule has 0 saturated carbocycles. The van der Waals surface area contributed by atoms with Gasteiger partial charge in [-0.3, -0.25) is 5.41 Å². The van der Waals surface area contributed by atoms with E-state index in [0.717, 1.165) is 39.9 Å². The van der Waals surface area contributed by atoms with Crippen LogP contribution >= 0.6 is 0 Å². The number of benzene rings is 4. The Kier molecular flexibility index (Phi) is 5.22. The number of nitrogens with two attached hydrogens (primary N) is 1. The minimum atomic E-state index is -0.0119. The molecule has 36 heavy (non-hydrogen) atoms. The molecule has 0 aromatic heterocycles. The highest BCUT2D eigenvalue weighted by molar-refractivity contribution is 5.96. The Morgan fingerprint density at radius 3 is 2.50 bits per heavy atom. The van der Waals surface area contributed by atoms with E-state index in [0.29, 0.717) is 5.75 Å². The third-order valence-corrected chi connectivity index (χ3v) is 7.83. The van der Waals surface area contributed by atoms with Gasteiger partial charge in [-0.25, -0.2) is 0 Å². The van der Waals surface area contributed by atoms with Gasteiger partial charge in [0.25, 0.3) is 0 Å². The standard InChI is InChI=1S/C31H29N3O2/c1-17-7-3-5-9-20(17)22-15-27(35)28(36-2)16-23(22)30-25-13-18-8-4-6-10-21(18)29(25)24-14-19(31(32)33)11-12-26(24)34-30/h3-12,14-16,25,29-30,34-35H,13H2,1-2H3,(H3,32,33). The number of methoxy groups -OCH3 is 1. The number of nitrogens with one attached hydrogen (secondary N) is 2. The van der Waals surface area contributed by atoms with Gasteiger partial charge >= 0.3 is 0 Å². The topological polar surface area (TPSA) is 91.4 Å². The summed E-state index contributed by atoms with van der Waals surface area (Å²) in [5.74, 6) is 1.09. The van der Waals surface area contributed by atoms with E-state index in [1.807, 2.05) is 36.4 Å². The minimum absolute atomic E-state index is 0.0119. The van der Waals surface area contributed by atoms with Gasteiger partial charge in [-0.15, -0.1) is 0 Å². The molecule has 0 saturated heterocycles. The van der Waals surface area contributed by atoms with E-state index in [4.69, 9.17) is 15.9 Å². The van der Waals surface area contributed by atoms with Crippen LogP contribution in [0.5, 0.6) is 11.5 Å². The average Bonchev–Trinajstić information content (AvgIpc) is 3.28. The second-order valence-electron chi connectivity index (χ2n) is 9.81. The molecule has 0 fully saturated rings. The molecule has 0 amide bonds. The Balaban J connectivity index is 1.58. The van der Waals surface area contributed by atoms with Crippen LogP contribution in [0.3, 0.4) is 0 Å². The first-order chi connectivity index (χ1) is 17.5. The first kappa shape index (κ1) is 22.2. The Hall–Kier alpha value is -4.25. The number of hydrogen-bond acceptors (Lipinski definition) is 4. The second-order valence-corrected chi connectivity index (χ2v) is 9.81. The number of nitrogen functional groups attached to an aromatic ring is 1. The third-order valence-electron chi connectivity index (χ3n) is 7.83. The van der Waals surface area contributed by atoms with Crippen LogP contribution in [-0.2, 0) is 6.42 Å². The lowest BCUT2D eigenvalue weighted by Gasteiger charge is -2.39. The molecule has 1 aliphatic carbocycles. The number of aromatic hydroxyl groups is 1. The largest absolute Gasteiger partial charge is 0.504 e. The Labute approximate surface area is 211 Å². The number of aryl methyl sites for hydroxylation is 1. The third kappa shape index (κ3) is 3.42. The van der Waals surface area contributed by atoms with Crippen LogP contribution in [0.15, 0.2) is 78.9 Å². The Morgan fingerprint density at radius 2 is 1.72 bits per heavy atom. The van der Waals surface area contributed by atoms with Gasteiger partial charge in [0.05, 0.1) is 13.2 Å². The van der Waals surface area contributed by atoms with Crippen LogP contribution in [0.1, 0.15) is 45.3 Å².